The summed E-state index contributed by atoms with van der Waals surface area (Å²) in [6, 6.07) is -0.397. The third kappa shape index (κ3) is 2.18. The molecule has 1 aliphatic rings. The van der Waals surface area contributed by atoms with E-state index in [1.807, 2.05) is 6.92 Å². The molecule has 1 unspecified atom stereocenters. The van der Waals surface area contributed by atoms with Crippen molar-refractivity contribution in [2.45, 2.75) is 26.0 Å². The molecule has 1 rings (SSSR count). The monoisotopic (exact) mass is 186 g/mol. The van der Waals surface area contributed by atoms with E-state index < -0.39 is 12.3 Å². The number of likely N-dealkylation sites (N-methyl/N-ethyl adjacent to an activating group) is 1. The molecule has 5 heteroatoms. The number of urea groups is 1. The zero-order valence-corrected chi connectivity index (χ0v) is 7.87. The fraction of sp³-hybridized carbons (Fsp3) is 0.750. The second kappa shape index (κ2) is 4.23. The van der Waals surface area contributed by atoms with Gasteiger partial charge in [0.1, 0.15) is 0 Å². The minimum Gasteiger partial charge on any atom is -0.349 e. The van der Waals surface area contributed by atoms with Crippen molar-refractivity contribution in [2.24, 2.45) is 0 Å². The van der Waals surface area contributed by atoms with E-state index in [0.29, 0.717) is 6.61 Å². The summed E-state index contributed by atoms with van der Waals surface area (Å²) in [6.07, 6.45) is 1.16. The SMILES string of the molecule is CCCCOC1C(=O)NC(=O)N1C. The van der Waals surface area contributed by atoms with Crippen molar-refractivity contribution >= 4 is 11.9 Å². The van der Waals surface area contributed by atoms with Crippen LogP contribution in [0, 0.1) is 0 Å². The molecule has 74 valence electrons. The van der Waals surface area contributed by atoms with Gasteiger partial charge in [0.05, 0.1) is 0 Å². The van der Waals surface area contributed by atoms with Gasteiger partial charge in [0, 0.05) is 13.7 Å². The van der Waals surface area contributed by atoms with Crippen molar-refractivity contribution in [3.05, 3.63) is 0 Å². The maximum atomic E-state index is 11.1. The number of hydrogen-bond acceptors (Lipinski definition) is 3. The first-order valence-corrected chi connectivity index (χ1v) is 4.36. The molecule has 1 heterocycles. The number of nitrogens with one attached hydrogen (secondary N) is 1. The molecule has 1 aliphatic heterocycles. The molecule has 0 bridgehead atoms. The number of hydrogen-bond donors (Lipinski definition) is 1. The first kappa shape index (κ1) is 9.98. The standard InChI is InChI=1S/C8H14N2O3/c1-3-4-5-13-7-6(11)9-8(12)10(7)2/h7H,3-5H2,1-2H3,(H,9,11,12). The average molecular weight is 186 g/mol. The van der Waals surface area contributed by atoms with Crippen LogP contribution in [0.15, 0.2) is 0 Å². The zero-order chi connectivity index (χ0) is 9.84. The molecule has 0 saturated carbocycles. The van der Waals surface area contributed by atoms with Gasteiger partial charge in [0.2, 0.25) is 6.23 Å². The van der Waals surface area contributed by atoms with Crippen molar-refractivity contribution in [3.63, 3.8) is 0 Å². The molecule has 5 nitrogen and oxygen atoms in total. The average Bonchev–Trinajstić information content (AvgIpc) is 2.32. The minimum absolute atomic E-state index is 0.372. The molecule has 0 aromatic carbocycles. The van der Waals surface area contributed by atoms with E-state index in [2.05, 4.69) is 5.32 Å². The van der Waals surface area contributed by atoms with Crippen molar-refractivity contribution in [1.29, 1.82) is 0 Å². The molecule has 1 atom stereocenters. The van der Waals surface area contributed by atoms with Crippen LogP contribution in [-0.2, 0) is 9.53 Å². The number of carbonyl (C=O) groups is 2. The van der Waals surface area contributed by atoms with E-state index >= 15 is 0 Å². The van der Waals surface area contributed by atoms with Crippen LogP contribution in [-0.4, -0.2) is 36.7 Å². The van der Waals surface area contributed by atoms with E-state index in [0.717, 1.165) is 12.8 Å². The highest BCUT2D eigenvalue weighted by atomic mass is 16.5. The predicted molar refractivity (Wildman–Crippen MR) is 45.9 cm³/mol. The summed E-state index contributed by atoms with van der Waals surface area (Å²) in [7, 11) is 1.54. The maximum absolute atomic E-state index is 11.1. The summed E-state index contributed by atoms with van der Waals surface area (Å²) >= 11 is 0. The first-order chi connectivity index (χ1) is 6.16. The van der Waals surface area contributed by atoms with Crippen molar-refractivity contribution in [1.82, 2.24) is 10.2 Å². The Labute approximate surface area is 77.0 Å². The Balaban J connectivity index is 2.40. The van der Waals surface area contributed by atoms with Crippen LogP contribution in [0.1, 0.15) is 19.8 Å². The number of imide groups is 1. The number of unbranched alkanes of at least 4 members (excludes halogenated alkanes) is 1. The van der Waals surface area contributed by atoms with Gasteiger partial charge in [-0.15, -0.1) is 0 Å². The Morgan fingerprint density at radius 2 is 2.23 bits per heavy atom. The third-order valence-electron chi connectivity index (χ3n) is 1.90. The van der Waals surface area contributed by atoms with Crippen molar-refractivity contribution < 1.29 is 14.3 Å². The predicted octanol–water partition coefficient (Wildman–Crippen LogP) is 0.311. The lowest BCUT2D eigenvalue weighted by molar-refractivity contribution is -0.135. The second-order valence-electron chi connectivity index (χ2n) is 2.98. The first-order valence-electron chi connectivity index (χ1n) is 4.36. The van der Waals surface area contributed by atoms with Crippen LogP contribution >= 0.6 is 0 Å². The van der Waals surface area contributed by atoms with Crippen molar-refractivity contribution in [3.8, 4) is 0 Å². The van der Waals surface area contributed by atoms with Crippen LogP contribution in [0.4, 0.5) is 4.79 Å². The second-order valence-corrected chi connectivity index (χ2v) is 2.98. The Bertz CT molecular complexity index is 217. The van der Waals surface area contributed by atoms with E-state index in [1.165, 1.54) is 11.9 Å². The summed E-state index contributed by atoms with van der Waals surface area (Å²) < 4.78 is 5.23. The lowest BCUT2D eigenvalue weighted by Gasteiger charge is -2.16. The summed E-state index contributed by atoms with van der Waals surface area (Å²) in [6.45, 7) is 2.54. The Kier molecular flexibility index (Phi) is 3.25. The van der Waals surface area contributed by atoms with Gasteiger partial charge in [-0.25, -0.2) is 4.79 Å². The molecule has 1 fully saturated rings. The molecular formula is C8H14N2O3. The molecule has 0 aromatic rings. The normalized spacial score (nSPS) is 22.3. The van der Waals surface area contributed by atoms with Gasteiger partial charge < -0.3 is 4.74 Å². The van der Waals surface area contributed by atoms with Crippen LogP contribution in [0.25, 0.3) is 0 Å². The molecule has 0 radical (unpaired) electrons. The highest BCUT2D eigenvalue weighted by Crippen LogP contribution is 2.07. The minimum atomic E-state index is -0.737. The number of amides is 3. The molecule has 0 aromatic heterocycles. The largest absolute Gasteiger partial charge is 0.349 e. The third-order valence-corrected chi connectivity index (χ3v) is 1.90. The van der Waals surface area contributed by atoms with Gasteiger partial charge in [-0.3, -0.25) is 15.0 Å². The topological polar surface area (TPSA) is 58.6 Å². The number of ether oxygens (including phenoxy) is 1. The van der Waals surface area contributed by atoms with Gasteiger partial charge in [0.15, 0.2) is 0 Å². The Hall–Kier alpha value is -1.10. The maximum Gasteiger partial charge on any atom is 0.326 e. The Morgan fingerprint density at radius 3 is 2.69 bits per heavy atom. The van der Waals surface area contributed by atoms with Crippen LogP contribution in [0.3, 0.4) is 0 Å². The van der Waals surface area contributed by atoms with Crippen LogP contribution in [0.2, 0.25) is 0 Å². The smallest absolute Gasteiger partial charge is 0.326 e. The van der Waals surface area contributed by atoms with E-state index in [-0.39, 0.29) is 5.91 Å². The molecule has 1 saturated heterocycles. The lowest BCUT2D eigenvalue weighted by atomic mass is 10.4. The summed E-state index contributed by atoms with van der Waals surface area (Å²) in [5.74, 6) is -0.372. The summed E-state index contributed by atoms with van der Waals surface area (Å²) in [5, 5.41) is 2.17. The Morgan fingerprint density at radius 1 is 1.54 bits per heavy atom. The van der Waals surface area contributed by atoms with Gasteiger partial charge in [-0.2, -0.15) is 0 Å². The van der Waals surface area contributed by atoms with Gasteiger partial charge in [-0.1, -0.05) is 13.3 Å². The summed E-state index contributed by atoms with van der Waals surface area (Å²) in [4.78, 5) is 23.3. The quantitative estimate of drug-likeness (QED) is 0.508. The summed E-state index contributed by atoms with van der Waals surface area (Å²) in [5.41, 5.74) is 0. The fourth-order valence-electron chi connectivity index (χ4n) is 1.06. The van der Waals surface area contributed by atoms with Crippen LogP contribution < -0.4 is 5.32 Å². The highest BCUT2D eigenvalue weighted by Gasteiger charge is 2.36. The zero-order valence-electron chi connectivity index (χ0n) is 7.87. The van der Waals surface area contributed by atoms with E-state index in [9.17, 15) is 9.59 Å². The van der Waals surface area contributed by atoms with Gasteiger partial charge in [-0.05, 0) is 6.42 Å². The molecule has 1 N–H and O–H groups in total. The van der Waals surface area contributed by atoms with E-state index in [4.69, 9.17) is 4.74 Å². The molecule has 0 spiro atoms. The molecule has 0 aliphatic carbocycles. The highest BCUT2D eigenvalue weighted by molar-refractivity contribution is 6.03. The van der Waals surface area contributed by atoms with Crippen LogP contribution in [0.5, 0.6) is 0 Å². The number of carbonyl (C=O) groups excluding carboxylic acids is 2. The molecule has 3 amide bonds. The van der Waals surface area contributed by atoms with Crippen molar-refractivity contribution in [2.75, 3.05) is 13.7 Å². The van der Waals surface area contributed by atoms with Gasteiger partial charge in [0.25, 0.3) is 5.91 Å². The molecule has 13 heavy (non-hydrogen) atoms. The number of rotatable bonds is 4. The fourth-order valence-corrected chi connectivity index (χ4v) is 1.06. The lowest BCUT2D eigenvalue weighted by Crippen LogP contribution is -2.34. The number of nitrogens with zero attached hydrogens (tertiary/aromatic N) is 1. The molecular weight excluding hydrogens is 172 g/mol. The van der Waals surface area contributed by atoms with E-state index in [1.54, 1.807) is 0 Å². The van der Waals surface area contributed by atoms with Gasteiger partial charge >= 0.3 is 6.03 Å².